The van der Waals surface area contributed by atoms with Crippen LogP contribution in [0, 0.1) is 12.8 Å². The van der Waals surface area contributed by atoms with Gasteiger partial charge in [0.2, 0.25) is 0 Å². The second-order valence-corrected chi connectivity index (χ2v) is 4.64. The summed E-state index contributed by atoms with van der Waals surface area (Å²) in [6.45, 7) is 7.61. The van der Waals surface area contributed by atoms with Crippen LogP contribution in [0.3, 0.4) is 0 Å². The van der Waals surface area contributed by atoms with Crippen molar-refractivity contribution < 1.29 is 0 Å². The van der Waals surface area contributed by atoms with Gasteiger partial charge < -0.3 is 10.6 Å². The molecule has 0 spiro atoms. The predicted molar refractivity (Wildman–Crippen MR) is 68.3 cm³/mol. The third kappa shape index (κ3) is 3.46. The number of nitrogens with zero attached hydrogens (tertiary/aromatic N) is 1. The van der Waals surface area contributed by atoms with Crippen LogP contribution in [0.1, 0.15) is 25.8 Å². The normalized spacial score (nSPS) is 10.7. The van der Waals surface area contributed by atoms with E-state index in [4.69, 9.17) is 5.73 Å². The van der Waals surface area contributed by atoms with E-state index in [0.29, 0.717) is 0 Å². The molecular weight excluding hydrogens is 184 g/mol. The summed E-state index contributed by atoms with van der Waals surface area (Å²) in [5, 5.41) is 0. The maximum atomic E-state index is 5.89. The van der Waals surface area contributed by atoms with Crippen molar-refractivity contribution in [1.29, 1.82) is 0 Å². The Kier molecular flexibility index (Phi) is 4.01. The van der Waals surface area contributed by atoms with E-state index in [9.17, 15) is 0 Å². The van der Waals surface area contributed by atoms with Crippen LogP contribution < -0.4 is 10.6 Å². The Labute approximate surface area is 93.1 Å². The van der Waals surface area contributed by atoms with Gasteiger partial charge in [0, 0.05) is 25.0 Å². The standard InChI is InChI=1S/C13H22N2/c1-10(2)7-8-15(4)12-6-5-11(3)13(14)9-12/h5-6,9-10H,7-8,14H2,1-4H3. The number of hydrogen-bond acceptors (Lipinski definition) is 2. The Hall–Kier alpha value is -1.18. The van der Waals surface area contributed by atoms with Gasteiger partial charge in [-0.05, 0) is 37.0 Å². The molecule has 0 aliphatic rings. The lowest BCUT2D eigenvalue weighted by Crippen LogP contribution is -2.19. The molecule has 2 heteroatoms. The molecule has 0 atom stereocenters. The molecule has 0 unspecified atom stereocenters. The van der Waals surface area contributed by atoms with Crippen LogP contribution in [0.25, 0.3) is 0 Å². The van der Waals surface area contributed by atoms with Crippen LogP contribution in [0.15, 0.2) is 18.2 Å². The number of nitrogens with two attached hydrogens (primary N) is 1. The minimum atomic E-state index is 0.746. The Morgan fingerprint density at radius 1 is 1.33 bits per heavy atom. The summed E-state index contributed by atoms with van der Waals surface area (Å²) in [6, 6.07) is 6.26. The van der Waals surface area contributed by atoms with Crippen molar-refractivity contribution in [1.82, 2.24) is 0 Å². The highest BCUT2D eigenvalue weighted by molar-refractivity contribution is 5.59. The molecule has 15 heavy (non-hydrogen) atoms. The molecular formula is C13H22N2. The van der Waals surface area contributed by atoms with E-state index in [1.165, 1.54) is 12.1 Å². The molecule has 0 aliphatic heterocycles. The summed E-state index contributed by atoms with van der Waals surface area (Å²) in [7, 11) is 2.12. The quantitative estimate of drug-likeness (QED) is 0.767. The zero-order valence-corrected chi connectivity index (χ0v) is 10.2. The van der Waals surface area contributed by atoms with Gasteiger partial charge in [0.25, 0.3) is 0 Å². The topological polar surface area (TPSA) is 29.3 Å². The zero-order valence-electron chi connectivity index (χ0n) is 10.2. The number of rotatable bonds is 4. The highest BCUT2D eigenvalue weighted by Crippen LogP contribution is 2.20. The Morgan fingerprint density at radius 2 is 2.00 bits per heavy atom. The van der Waals surface area contributed by atoms with Gasteiger partial charge in [-0.3, -0.25) is 0 Å². The van der Waals surface area contributed by atoms with Crippen LogP contribution in [0.2, 0.25) is 0 Å². The third-order valence-corrected chi connectivity index (χ3v) is 2.75. The molecule has 0 amide bonds. The monoisotopic (exact) mass is 206 g/mol. The molecule has 0 saturated heterocycles. The van der Waals surface area contributed by atoms with E-state index in [0.717, 1.165) is 23.7 Å². The average Bonchev–Trinajstić information content (AvgIpc) is 2.18. The minimum absolute atomic E-state index is 0.746. The van der Waals surface area contributed by atoms with Gasteiger partial charge in [-0.1, -0.05) is 19.9 Å². The largest absolute Gasteiger partial charge is 0.398 e. The number of nitrogen functional groups attached to an aromatic ring is 1. The maximum Gasteiger partial charge on any atom is 0.0384 e. The summed E-state index contributed by atoms with van der Waals surface area (Å²) in [4.78, 5) is 2.26. The number of anilines is 2. The van der Waals surface area contributed by atoms with Gasteiger partial charge in [-0.15, -0.1) is 0 Å². The second-order valence-electron chi connectivity index (χ2n) is 4.64. The highest BCUT2D eigenvalue weighted by atomic mass is 15.1. The number of hydrogen-bond donors (Lipinski definition) is 1. The van der Waals surface area contributed by atoms with E-state index in [2.05, 4.69) is 44.0 Å². The molecule has 1 aromatic rings. The Morgan fingerprint density at radius 3 is 2.53 bits per heavy atom. The van der Waals surface area contributed by atoms with Gasteiger partial charge in [0.05, 0.1) is 0 Å². The summed E-state index contributed by atoms with van der Waals surface area (Å²) in [5.74, 6) is 0.746. The first-order valence-corrected chi connectivity index (χ1v) is 5.58. The zero-order chi connectivity index (χ0) is 11.4. The van der Waals surface area contributed by atoms with Gasteiger partial charge in [-0.2, -0.15) is 0 Å². The fraction of sp³-hybridized carbons (Fsp3) is 0.538. The lowest BCUT2D eigenvalue weighted by Gasteiger charge is -2.21. The van der Waals surface area contributed by atoms with Gasteiger partial charge in [0.15, 0.2) is 0 Å². The van der Waals surface area contributed by atoms with Crippen LogP contribution >= 0.6 is 0 Å². The molecule has 1 rings (SSSR count). The van der Waals surface area contributed by atoms with E-state index < -0.39 is 0 Å². The molecule has 2 nitrogen and oxygen atoms in total. The predicted octanol–water partition coefficient (Wildman–Crippen LogP) is 3.06. The molecule has 1 aromatic carbocycles. The van der Waals surface area contributed by atoms with Crippen molar-refractivity contribution in [2.24, 2.45) is 5.92 Å². The average molecular weight is 206 g/mol. The smallest absolute Gasteiger partial charge is 0.0384 e. The molecule has 0 radical (unpaired) electrons. The summed E-state index contributed by atoms with van der Waals surface area (Å²) < 4.78 is 0. The Balaban J connectivity index is 2.65. The molecule has 0 fully saturated rings. The second kappa shape index (κ2) is 5.06. The SMILES string of the molecule is Cc1ccc(N(C)CCC(C)C)cc1N. The van der Waals surface area contributed by atoms with Crippen molar-refractivity contribution >= 4 is 11.4 Å². The van der Waals surface area contributed by atoms with Crippen molar-refractivity contribution in [3.05, 3.63) is 23.8 Å². The van der Waals surface area contributed by atoms with Crippen molar-refractivity contribution in [3.8, 4) is 0 Å². The van der Waals surface area contributed by atoms with E-state index in [1.54, 1.807) is 0 Å². The van der Waals surface area contributed by atoms with E-state index in [1.807, 2.05) is 6.92 Å². The highest BCUT2D eigenvalue weighted by Gasteiger charge is 2.03. The molecule has 84 valence electrons. The number of benzene rings is 1. The Bertz CT molecular complexity index is 318. The summed E-state index contributed by atoms with van der Waals surface area (Å²) >= 11 is 0. The first kappa shape index (κ1) is 11.9. The van der Waals surface area contributed by atoms with Gasteiger partial charge in [0.1, 0.15) is 0 Å². The molecule has 0 saturated carbocycles. The molecule has 0 aliphatic carbocycles. The van der Waals surface area contributed by atoms with Gasteiger partial charge >= 0.3 is 0 Å². The van der Waals surface area contributed by atoms with Gasteiger partial charge in [-0.25, -0.2) is 0 Å². The van der Waals surface area contributed by atoms with Crippen LogP contribution in [-0.2, 0) is 0 Å². The lowest BCUT2D eigenvalue weighted by molar-refractivity contribution is 0.585. The molecule has 0 bridgehead atoms. The van der Waals surface area contributed by atoms with Crippen LogP contribution in [-0.4, -0.2) is 13.6 Å². The first-order chi connectivity index (χ1) is 7.00. The first-order valence-electron chi connectivity index (χ1n) is 5.58. The van der Waals surface area contributed by atoms with E-state index >= 15 is 0 Å². The molecule has 0 aromatic heterocycles. The maximum absolute atomic E-state index is 5.89. The van der Waals surface area contributed by atoms with E-state index in [-0.39, 0.29) is 0 Å². The van der Waals surface area contributed by atoms with Crippen molar-refractivity contribution in [2.45, 2.75) is 27.2 Å². The minimum Gasteiger partial charge on any atom is -0.398 e. The fourth-order valence-corrected chi connectivity index (χ4v) is 1.45. The summed E-state index contributed by atoms with van der Waals surface area (Å²) in [6.07, 6.45) is 1.21. The number of aryl methyl sites for hydroxylation is 1. The van der Waals surface area contributed by atoms with Crippen molar-refractivity contribution in [3.63, 3.8) is 0 Å². The van der Waals surface area contributed by atoms with Crippen LogP contribution in [0.5, 0.6) is 0 Å². The fourth-order valence-electron chi connectivity index (χ4n) is 1.45. The van der Waals surface area contributed by atoms with Crippen LogP contribution in [0.4, 0.5) is 11.4 Å². The van der Waals surface area contributed by atoms with Crippen molar-refractivity contribution in [2.75, 3.05) is 24.2 Å². The molecule has 2 N–H and O–H groups in total. The molecule has 0 heterocycles. The lowest BCUT2D eigenvalue weighted by atomic mass is 10.1. The summed E-state index contributed by atoms with van der Waals surface area (Å²) in [5.41, 5.74) is 9.12. The third-order valence-electron chi connectivity index (χ3n) is 2.75.